The highest BCUT2D eigenvalue weighted by Gasteiger charge is 2.19. The second-order valence-electron chi connectivity index (χ2n) is 6.19. The number of rotatable bonds is 4. The minimum atomic E-state index is -3.65. The molecule has 0 amide bonds. The summed E-state index contributed by atoms with van der Waals surface area (Å²) in [6.07, 6.45) is 6.17. The molecule has 1 aromatic rings. The molecule has 5 nitrogen and oxygen atoms in total. The standard InChI is InChI=1S/C16H25N3O2S2/c1-12(13-8-10-15(11-9-13)23(17,20)21)19(2)16(22)18-14-6-4-3-5-7-14/h8-12,14H,3-7H2,1-2H3,(H,18,22)(H2,17,20,21). The lowest BCUT2D eigenvalue weighted by Gasteiger charge is -2.32. The average Bonchev–Trinajstić information content (AvgIpc) is 2.53. The Labute approximate surface area is 144 Å². The molecule has 2 rings (SSSR count). The molecule has 1 aliphatic carbocycles. The zero-order valence-electron chi connectivity index (χ0n) is 13.7. The minimum absolute atomic E-state index is 0.0492. The molecule has 0 radical (unpaired) electrons. The van der Waals surface area contributed by atoms with Crippen LogP contribution in [0.5, 0.6) is 0 Å². The third-order valence-corrected chi connectivity index (χ3v) is 5.86. The Morgan fingerprint density at radius 3 is 2.35 bits per heavy atom. The third-order valence-electron chi connectivity index (χ3n) is 4.53. The summed E-state index contributed by atoms with van der Waals surface area (Å²) in [7, 11) is -1.70. The van der Waals surface area contributed by atoms with E-state index >= 15 is 0 Å². The van der Waals surface area contributed by atoms with Gasteiger partial charge in [-0.3, -0.25) is 0 Å². The molecule has 0 aliphatic heterocycles. The number of nitrogens with two attached hydrogens (primary N) is 1. The molecule has 0 spiro atoms. The van der Waals surface area contributed by atoms with Crippen molar-refractivity contribution in [2.24, 2.45) is 5.14 Å². The van der Waals surface area contributed by atoms with Gasteiger partial charge in [0.1, 0.15) is 0 Å². The molecule has 7 heteroatoms. The van der Waals surface area contributed by atoms with Crippen LogP contribution in [0.1, 0.15) is 50.6 Å². The quantitative estimate of drug-likeness (QED) is 0.812. The van der Waals surface area contributed by atoms with Crippen LogP contribution in [-0.4, -0.2) is 31.5 Å². The second kappa shape index (κ2) is 7.59. The van der Waals surface area contributed by atoms with Crippen molar-refractivity contribution < 1.29 is 8.42 Å². The van der Waals surface area contributed by atoms with Crippen molar-refractivity contribution in [1.29, 1.82) is 0 Å². The summed E-state index contributed by atoms with van der Waals surface area (Å²) in [5, 5.41) is 9.31. The minimum Gasteiger partial charge on any atom is -0.360 e. The van der Waals surface area contributed by atoms with E-state index in [1.54, 1.807) is 12.1 Å². The smallest absolute Gasteiger partial charge is 0.238 e. The molecule has 23 heavy (non-hydrogen) atoms. The Kier molecular flexibility index (Phi) is 6.00. The van der Waals surface area contributed by atoms with Gasteiger partial charge >= 0.3 is 0 Å². The molecular weight excluding hydrogens is 330 g/mol. The number of sulfonamides is 1. The van der Waals surface area contributed by atoms with Crippen LogP contribution in [0.3, 0.4) is 0 Å². The van der Waals surface area contributed by atoms with Gasteiger partial charge in [-0.1, -0.05) is 31.4 Å². The van der Waals surface area contributed by atoms with E-state index in [1.165, 1.54) is 44.2 Å². The molecule has 1 aliphatic rings. The van der Waals surface area contributed by atoms with E-state index < -0.39 is 10.0 Å². The number of primary sulfonamides is 1. The lowest BCUT2D eigenvalue weighted by Crippen LogP contribution is -2.44. The molecule has 1 atom stereocenters. The van der Waals surface area contributed by atoms with Crippen molar-refractivity contribution in [3.63, 3.8) is 0 Å². The SMILES string of the molecule is CC(c1ccc(S(N)(=O)=O)cc1)N(C)C(=S)NC1CCCCC1. The molecule has 0 saturated heterocycles. The van der Waals surface area contributed by atoms with Gasteiger partial charge in [0, 0.05) is 13.1 Å². The summed E-state index contributed by atoms with van der Waals surface area (Å²) < 4.78 is 22.6. The number of nitrogens with one attached hydrogen (secondary N) is 1. The van der Waals surface area contributed by atoms with Crippen molar-refractivity contribution >= 4 is 27.4 Å². The highest BCUT2D eigenvalue weighted by molar-refractivity contribution is 7.89. The van der Waals surface area contributed by atoms with Crippen LogP contribution in [0.25, 0.3) is 0 Å². The molecule has 0 aromatic heterocycles. The van der Waals surface area contributed by atoms with E-state index in [2.05, 4.69) is 5.32 Å². The maximum atomic E-state index is 11.3. The fraction of sp³-hybridized carbons (Fsp3) is 0.562. The van der Waals surface area contributed by atoms with Crippen molar-refractivity contribution in [3.8, 4) is 0 Å². The molecular formula is C16H25N3O2S2. The Hall–Kier alpha value is -1.18. The van der Waals surface area contributed by atoms with Crippen molar-refractivity contribution in [1.82, 2.24) is 10.2 Å². The van der Waals surface area contributed by atoms with Gasteiger partial charge in [-0.25, -0.2) is 13.6 Å². The summed E-state index contributed by atoms with van der Waals surface area (Å²) in [6.45, 7) is 2.04. The van der Waals surface area contributed by atoms with Gasteiger partial charge in [-0.05, 0) is 49.7 Å². The summed E-state index contributed by atoms with van der Waals surface area (Å²) in [6, 6.07) is 7.15. The van der Waals surface area contributed by atoms with Crippen LogP contribution in [0.2, 0.25) is 0 Å². The van der Waals surface area contributed by atoms with Gasteiger partial charge in [0.05, 0.1) is 10.9 Å². The predicted octanol–water partition coefficient (Wildman–Crippen LogP) is 2.53. The number of hydrogen-bond donors (Lipinski definition) is 2. The average molecular weight is 356 g/mol. The topological polar surface area (TPSA) is 75.4 Å². The Bertz CT molecular complexity index is 638. The molecule has 128 valence electrons. The fourth-order valence-electron chi connectivity index (χ4n) is 2.86. The van der Waals surface area contributed by atoms with Crippen LogP contribution in [0.4, 0.5) is 0 Å². The van der Waals surface area contributed by atoms with E-state index in [4.69, 9.17) is 17.4 Å². The number of hydrogen-bond acceptors (Lipinski definition) is 3. The molecule has 0 heterocycles. The van der Waals surface area contributed by atoms with Crippen molar-refractivity contribution in [2.75, 3.05) is 7.05 Å². The van der Waals surface area contributed by atoms with Gasteiger partial charge in [0.2, 0.25) is 10.0 Å². The normalized spacial score (nSPS) is 17.5. The molecule has 0 bridgehead atoms. The monoisotopic (exact) mass is 355 g/mol. The second-order valence-corrected chi connectivity index (χ2v) is 8.13. The maximum Gasteiger partial charge on any atom is 0.238 e. The lowest BCUT2D eigenvalue weighted by atomic mass is 9.96. The van der Waals surface area contributed by atoms with Gasteiger partial charge in [-0.2, -0.15) is 0 Å². The van der Waals surface area contributed by atoms with Crippen molar-refractivity contribution in [2.45, 2.75) is 56.0 Å². The zero-order valence-corrected chi connectivity index (χ0v) is 15.3. The summed E-state index contributed by atoms with van der Waals surface area (Å²) in [4.78, 5) is 2.13. The van der Waals surface area contributed by atoms with Gasteiger partial charge in [0.15, 0.2) is 5.11 Å². The van der Waals surface area contributed by atoms with Crippen LogP contribution in [-0.2, 0) is 10.0 Å². The zero-order chi connectivity index (χ0) is 17.0. The van der Waals surface area contributed by atoms with Gasteiger partial charge < -0.3 is 10.2 Å². The molecule has 3 N–H and O–H groups in total. The predicted molar refractivity (Wildman–Crippen MR) is 96.6 cm³/mol. The van der Waals surface area contributed by atoms with Crippen LogP contribution in [0.15, 0.2) is 29.2 Å². The van der Waals surface area contributed by atoms with Crippen LogP contribution in [0, 0.1) is 0 Å². The molecule has 1 saturated carbocycles. The van der Waals surface area contributed by atoms with E-state index in [9.17, 15) is 8.42 Å². The van der Waals surface area contributed by atoms with Crippen molar-refractivity contribution in [3.05, 3.63) is 29.8 Å². The fourth-order valence-corrected chi connectivity index (χ4v) is 3.70. The summed E-state index contributed by atoms with van der Waals surface area (Å²) >= 11 is 5.52. The highest BCUT2D eigenvalue weighted by Crippen LogP contribution is 2.22. The van der Waals surface area contributed by atoms with E-state index in [-0.39, 0.29) is 10.9 Å². The Balaban J connectivity index is 2.00. The number of thiocarbonyl (C=S) groups is 1. The van der Waals surface area contributed by atoms with E-state index in [1.807, 2.05) is 18.9 Å². The largest absolute Gasteiger partial charge is 0.360 e. The van der Waals surface area contributed by atoms with E-state index in [0.29, 0.717) is 6.04 Å². The third kappa shape index (κ3) is 4.89. The van der Waals surface area contributed by atoms with Gasteiger partial charge in [0.25, 0.3) is 0 Å². The van der Waals surface area contributed by atoms with E-state index in [0.717, 1.165) is 10.7 Å². The summed E-state index contributed by atoms with van der Waals surface area (Å²) in [5.74, 6) is 0. The number of nitrogens with zero attached hydrogens (tertiary/aromatic N) is 1. The van der Waals surface area contributed by atoms with Gasteiger partial charge in [-0.15, -0.1) is 0 Å². The molecule has 1 aromatic carbocycles. The lowest BCUT2D eigenvalue weighted by molar-refractivity contribution is 0.362. The first kappa shape index (κ1) is 18.2. The Morgan fingerprint density at radius 1 is 1.26 bits per heavy atom. The highest BCUT2D eigenvalue weighted by atomic mass is 32.2. The first-order chi connectivity index (χ1) is 10.8. The van der Waals surface area contributed by atoms with Crippen LogP contribution < -0.4 is 10.5 Å². The first-order valence-electron chi connectivity index (χ1n) is 7.95. The molecule has 1 unspecified atom stereocenters. The molecule has 1 fully saturated rings. The Morgan fingerprint density at radius 2 is 1.83 bits per heavy atom. The number of benzene rings is 1. The summed E-state index contributed by atoms with van der Waals surface area (Å²) in [5.41, 5.74) is 0.993. The maximum absolute atomic E-state index is 11.3. The van der Waals surface area contributed by atoms with Crippen LogP contribution >= 0.6 is 12.2 Å². The first-order valence-corrected chi connectivity index (χ1v) is 9.90.